The number of hydrogen-bond acceptors (Lipinski definition) is 6. The van der Waals surface area contributed by atoms with Gasteiger partial charge in [-0.2, -0.15) is 18.3 Å². The number of para-hydroxylation sites is 1. The van der Waals surface area contributed by atoms with Gasteiger partial charge in [-0.05, 0) is 37.0 Å². The van der Waals surface area contributed by atoms with Crippen LogP contribution in [-0.4, -0.2) is 80.8 Å². The number of nitrogens with zero attached hydrogens (tertiary/aromatic N) is 7. The van der Waals surface area contributed by atoms with Crippen molar-refractivity contribution in [2.45, 2.75) is 44.3 Å². The molecule has 200 valence electrons. The number of hydrogen-bond donors (Lipinski definition) is 0. The average molecular weight is 526 g/mol. The van der Waals surface area contributed by atoms with Gasteiger partial charge >= 0.3 is 6.18 Å². The second-order valence-electron chi connectivity index (χ2n) is 10.2. The molecule has 1 aromatic carbocycles. The number of carbonyl (C=O) groups is 1. The Morgan fingerprint density at radius 3 is 2.34 bits per heavy atom. The first-order valence-corrected chi connectivity index (χ1v) is 13.2. The van der Waals surface area contributed by atoms with E-state index in [2.05, 4.69) is 19.9 Å². The summed E-state index contributed by atoms with van der Waals surface area (Å²) in [5.41, 5.74) is 0.552. The van der Waals surface area contributed by atoms with E-state index in [4.69, 9.17) is 4.98 Å². The number of benzene rings is 1. The van der Waals surface area contributed by atoms with E-state index in [1.165, 1.54) is 36.3 Å². The molecule has 0 atom stereocenters. The molecule has 38 heavy (non-hydrogen) atoms. The molecule has 8 nitrogen and oxygen atoms in total. The van der Waals surface area contributed by atoms with Crippen LogP contribution in [0.15, 0.2) is 42.7 Å². The maximum absolute atomic E-state index is 14.1. The average Bonchev–Trinajstić information content (AvgIpc) is 3.24. The zero-order valence-electron chi connectivity index (χ0n) is 21.1. The molecule has 2 fully saturated rings. The van der Waals surface area contributed by atoms with Gasteiger partial charge in [-0.15, -0.1) is 0 Å². The van der Waals surface area contributed by atoms with Crippen molar-refractivity contribution < 1.29 is 18.0 Å². The first-order valence-electron chi connectivity index (χ1n) is 13.2. The third-order valence-electron chi connectivity index (χ3n) is 7.96. The number of piperazine rings is 1. The van der Waals surface area contributed by atoms with E-state index >= 15 is 0 Å². The van der Waals surface area contributed by atoms with E-state index in [-0.39, 0.29) is 12.2 Å². The number of halogens is 3. The Morgan fingerprint density at radius 1 is 0.921 bits per heavy atom. The standard InChI is InChI=1S/C27H30F3N7O/c28-27(29,30)24-22(18-32-37(24)21-5-2-1-3-6-21)25(38)35-11-9-19-17-31-26(33-23(19)10-12-35)36-15-13-34(14-16-36)20-7-4-8-20/h1-3,5-6,17-18,20H,4,7-16H2. The van der Waals surface area contributed by atoms with Crippen molar-refractivity contribution in [1.82, 2.24) is 29.5 Å². The van der Waals surface area contributed by atoms with Crippen molar-refractivity contribution in [2.75, 3.05) is 44.2 Å². The van der Waals surface area contributed by atoms with E-state index in [1.807, 2.05) is 6.20 Å². The van der Waals surface area contributed by atoms with Crippen LogP contribution in [0.25, 0.3) is 5.69 Å². The highest BCUT2D eigenvalue weighted by Gasteiger charge is 2.41. The molecule has 1 saturated carbocycles. The molecule has 3 aromatic rings. The van der Waals surface area contributed by atoms with Crippen LogP contribution < -0.4 is 4.90 Å². The summed E-state index contributed by atoms with van der Waals surface area (Å²) in [5.74, 6) is 0.0212. The first kappa shape index (κ1) is 24.8. The molecule has 11 heteroatoms. The van der Waals surface area contributed by atoms with Crippen LogP contribution in [0.5, 0.6) is 0 Å². The van der Waals surface area contributed by atoms with E-state index in [9.17, 15) is 18.0 Å². The number of carbonyl (C=O) groups excluding carboxylic acids is 1. The highest BCUT2D eigenvalue weighted by Crippen LogP contribution is 2.34. The van der Waals surface area contributed by atoms with E-state index in [0.717, 1.165) is 54.4 Å². The summed E-state index contributed by atoms with van der Waals surface area (Å²) in [6, 6.07) is 8.77. The zero-order chi connectivity index (χ0) is 26.3. The summed E-state index contributed by atoms with van der Waals surface area (Å²) in [6.07, 6.45) is 2.97. The molecule has 1 aliphatic carbocycles. The molecule has 3 aliphatic rings. The topological polar surface area (TPSA) is 70.4 Å². The maximum atomic E-state index is 14.1. The number of aromatic nitrogens is 4. The second-order valence-corrected chi connectivity index (χ2v) is 10.2. The Labute approximate surface area is 219 Å². The van der Waals surface area contributed by atoms with Gasteiger partial charge in [0.2, 0.25) is 5.95 Å². The van der Waals surface area contributed by atoms with Gasteiger partial charge in [0.05, 0.1) is 23.1 Å². The molecule has 0 unspecified atom stereocenters. The summed E-state index contributed by atoms with van der Waals surface area (Å²) in [7, 11) is 0. The van der Waals surface area contributed by atoms with Crippen LogP contribution in [0.4, 0.5) is 19.1 Å². The van der Waals surface area contributed by atoms with Crippen LogP contribution in [0.2, 0.25) is 0 Å². The van der Waals surface area contributed by atoms with Gasteiger partial charge in [-0.25, -0.2) is 14.6 Å². The van der Waals surface area contributed by atoms with Crippen molar-refractivity contribution in [3.05, 3.63) is 65.2 Å². The smallest absolute Gasteiger partial charge is 0.338 e. The Bertz CT molecular complexity index is 1300. The van der Waals surface area contributed by atoms with Gasteiger partial charge in [0.25, 0.3) is 5.91 Å². The lowest BCUT2D eigenvalue weighted by Crippen LogP contribution is -2.52. The van der Waals surface area contributed by atoms with Crippen molar-refractivity contribution in [3.8, 4) is 5.69 Å². The molecule has 6 rings (SSSR count). The SMILES string of the molecule is O=C(c1cnn(-c2ccccc2)c1C(F)(F)F)N1CCc2cnc(N3CCN(C4CCC4)CC3)nc2CC1. The summed E-state index contributed by atoms with van der Waals surface area (Å²) < 4.78 is 43.1. The van der Waals surface area contributed by atoms with Crippen molar-refractivity contribution in [3.63, 3.8) is 0 Å². The molecule has 2 aromatic heterocycles. The van der Waals surface area contributed by atoms with Crippen LogP contribution in [0, 0.1) is 0 Å². The fourth-order valence-corrected chi connectivity index (χ4v) is 5.57. The van der Waals surface area contributed by atoms with Crippen molar-refractivity contribution >= 4 is 11.9 Å². The Hall–Kier alpha value is -3.47. The molecule has 1 saturated heterocycles. The predicted molar refractivity (Wildman–Crippen MR) is 135 cm³/mol. The molecule has 0 radical (unpaired) electrons. The van der Waals surface area contributed by atoms with Gasteiger partial charge in [-0.1, -0.05) is 24.6 Å². The second kappa shape index (κ2) is 10.0. The Morgan fingerprint density at radius 2 is 1.66 bits per heavy atom. The third-order valence-corrected chi connectivity index (χ3v) is 7.96. The molecule has 1 amide bonds. The summed E-state index contributed by atoms with van der Waals surface area (Å²) in [4.78, 5) is 29.0. The van der Waals surface area contributed by atoms with Crippen LogP contribution in [-0.2, 0) is 19.0 Å². The number of alkyl halides is 3. The molecular weight excluding hydrogens is 495 g/mol. The predicted octanol–water partition coefficient (Wildman–Crippen LogP) is 3.60. The van der Waals surface area contributed by atoms with E-state index < -0.39 is 23.3 Å². The lowest BCUT2D eigenvalue weighted by Gasteiger charge is -2.43. The van der Waals surface area contributed by atoms with Gasteiger partial charge < -0.3 is 9.80 Å². The summed E-state index contributed by atoms with van der Waals surface area (Å²) >= 11 is 0. The molecule has 0 N–H and O–H groups in total. The Kier molecular flexibility index (Phi) is 6.55. The highest BCUT2D eigenvalue weighted by molar-refractivity contribution is 5.95. The molecular formula is C27H30F3N7O. The number of anilines is 1. The van der Waals surface area contributed by atoms with Gasteiger partial charge in [-0.3, -0.25) is 9.69 Å². The maximum Gasteiger partial charge on any atom is 0.434 e. The van der Waals surface area contributed by atoms with E-state index in [1.54, 1.807) is 18.2 Å². The van der Waals surface area contributed by atoms with Gasteiger partial charge in [0, 0.05) is 57.9 Å². The lowest BCUT2D eigenvalue weighted by molar-refractivity contribution is -0.143. The first-order chi connectivity index (χ1) is 18.4. The van der Waals surface area contributed by atoms with Gasteiger partial charge in [0.15, 0.2) is 5.69 Å². The highest BCUT2D eigenvalue weighted by atomic mass is 19.4. The normalized spacial score (nSPS) is 19.1. The summed E-state index contributed by atoms with van der Waals surface area (Å²) in [5, 5.41) is 3.94. The quantitative estimate of drug-likeness (QED) is 0.519. The van der Waals surface area contributed by atoms with Gasteiger partial charge in [0.1, 0.15) is 0 Å². The van der Waals surface area contributed by atoms with Crippen molar-refractivity contribution in [1.29, 1.82) is 0 Å². The third kappa shape index (κ3) is 4.75. The Balaban J connectivity index is 1.17. The zero-order valence-corrected chi connectivity index (χ0v) is 21.1. The number of rotatable bonds is 4. The molecule has 4 heterocycles. The van der Waals surface area contributed by atoms with Crippen LogP contribution in [0.3, 0.4) is 0 Å². The largest absolute Gasteiger partial charge is 0.434 e. The summed E-state index contributed by atoms with van der Waals surface area (Å²) in [6.45, 7) is 4.35. The van der Waals surface area contributed by atoms with Crippen molar-refractivity contribution in [2.24, 2.45) is 0 Å². The van der Waals surface area contributed by atoms with E-state index in [0.29, 0.717) is 25.3 Å². The monoisotopic (exact) mass is 525 g/mol. The minimum absolute atomic E-state index is 0.249. The molecule has 0 bridgehead atoms. The molecule has 2 aliphatic heterocycles. The minimum Gasteiger partial charge on any atom is -0.338 e. The fourth-order valence-electron chi connectivity index (χ4n) is 5.57. The van der Waals surface area contributed by atoms with Crippen LogP contribution >= 0.6 is 0 Å². The number of fused-ring (bicyclic) bond motifs is 1. The molecule has 0 spiro atoms. The number of amides is 1. The van der Waals surface area contributed by atoms with Crippen LogP contribution in [0.1, 0.15) is 46.6 Å². The fraction of sp³-hybridized carbons (Fsp3) is 0.481. The lowest BCUT2D eigenvalue weighted by atomic mass is 9.91. The minimum atomic E-state index is -4.74.